The van der Waals surface area contributed by atoms with Crippen LogP contribution in [0.15, 0.2) is 47.3 Å². The molecule has 0 atom stereocenters. The highest BCUT2D eigenvalue weighted by atomic mass is 16.2. The van der Waals surface area contributed by atoms with Crippen molar-refractivity contribution in [3.8, 4) is 22.5 Å². The largest absolute Gasteiger partial charge is 0.337 e. The van der Waals surface area contributed by atoms with Crippen LogP contribution in [0, 0.1) is 6.92 Å². The SMILES string of the molecule is CCN(CC)C(=O)c1nc(-c2cccc(C)c2)c(-c2ccc3c(c2)n(C)c(=O)n3CC)[nH]1. The standard InChI is InChI=1S/C25H29N5O2/c1-6-29(7-2)24(31)23-26-21(17-11-9-10-16(4)14-17)22(27-23)18-12-13-19-20(15-18)28(5)25(32)30(19)8-3/h9-15H,6-8H2,1-5H3,(H,26,27). The van der Waals surface area contributed by atoms with E-state index >= 15 is 0 Å². The van der Waals surface area contributed by atoms with Crippen molar-refractivity contribution in [2.75, 3.05) is 13.1 Å². The number of H-pyrrole nitrogens is 1. The lowest BCUT2D eigenvalue weighted by Crippen LogP contribution is -2.31. The molecule has 0 aliphatic heterocycles. The molecule has 0 bridgehead atoms. The zero-order valence-corrected chi connectivity index (χ0v) is 19.3. The summed E-state index contributed by atoms with van der Waals surface area (Å²) in [5.74, 6) is 0.195. The quantitative estimate of drug-likeness (QED) is 0.497. The van der Waals surface area contributed by atoms with E-state index in [1.165, 1.54) is 0 Å². The molecule has 7 nitrogen and oxygen atoms in total. The molecule has 0 fully saturated rings. The minimum atomic E-state index is -0.124. The number of carbonyl (C=O) groups is 1. The highest BCUT2D eigenvalue weighted by Crippen LogP contribution is 2.32. The molecule has 0 saturated heterocycles. The molecule has 166 valence electrons. The number of aryl methyl sites for hydroxylation is 3. The number of amides is 1. The van der Waals surface area contributed by atoms with Gasteiger partial charge in [-0.15, -0.1) is 0 Å². The number of rotatable bonds is 6. The second-order valence-electron chi connectivity index (χ2n) is 7.95. The van der Waals surface area contributed by atoms with Gasteiger partial charge in [0.1, 0.15) is 0 Å². The van der Waals surface area contributed by atoms with Gasteiger partial charge in [0.2, 0.25) is 0 Å². The molecule has 7 heteroatoms. The van der Waals surface area contributed by atoms with Crippen LogP contribution < -0.4 is 5.69 Å². The summed E-state index contributed by atoms with van der Waals surface area (Å²) in [6, 6.07) is 14.0. The molecule has 0 aliphatic rings. The van der Waals surface area contributed by atoms with Gasteiger partial charge >= 0.3 is 5.69 Å². The lowest BCUT2D eigenvalue weighted by atomic mass is 10.0. The van der Waals surface area contributed by atoms with E-state index in [1.807, 2.05) is 64.1 Å². The van der Waals surface area contributed by atoms with Crippen molar-refractivity contribution in [2.24, 2.45) is 7.05 Å². The molecule has 0 radical (unpaired) electrons. The Morgan fingerprint density at radius 2 is 1.78 bits per heavy atom. The maximum atomic E-state index is 13.0. The number of nitrogens with zero attached hydrogens (tertiary/aromatic N) is 4. The van der Waals surface area contributed by atoms with Crippen LogP contribution in [0.25, 0.3) is 33.5 Å². The van der Waals surface area contributed by atoms with E-state index in [-0.39, 0.29) is 11.6 Å². The molecule has 4 aromatic rings. The molecule has 32 heavy (non-hydrogen) atoms. The van der Waals surface area contributed by atoms with E-state index in [2.05, 4.69) is 11.1 Å². The molecule has 2 aromatic carbocycles. The van der Waals surface area contributed by atoms with Crippen molar-refractivity contribution < 1.29 is 4.79 Å². The fourth-order valence-corrected chi connectivity index (χ4v) is 4.21. The number of aromatic amines is 1. The molecule has 4 rings (SSSR count). The first-order valence-electron chi connectivity index (χ1n) is 11.1. The van der Waals surface area contributed by atoms with Crippen LogP contribution in [0.2, 0.25) is 0 Å². The van der Waals surface area contributed by atoms with Crippen LogP contribution in [0.5, 0.6) is 0 Å². The highest BCUT2D eigenvalue weighted by Gasteiger charge is 2.22. The third-order valence-corrected chi connectivity index (χ3v) is 6.00. The summed E-state index contributed by atoms with van der Waals surface area (Å²) in [5.41, 5.74) is 6.12. The van der Waals surface area contributed by atoms with Gasteiger partial charge in [0.05, 0.1) is 22.4 Å². The fraction of sp³-hybridized carbons (Fsp3) is 0.320. The minimum absolute atomic E-state index is 0.0411. The average Bonchev–Trinajstić information content (AvgIpc) is 3.34. The Labute approximate surface area is 187 Å². The van der Waals surface area contributed by atoms with Crippen molar-refractivity contribution in [2.45, 2.75) is 34.2 Å². The topological polar surface area (TPSA) is 75.9 Å². The van der Waals surface area contributed by atoms with Gasteiger partial charge in [-0.1, -0.05) is 29.8 Å². The van der Waals surface area contributed by atoms with Crippen LogP contribution in [0.4, 0.5) is 0 Å². The van der Waals surface area contributed by atoms with Crippen LogP contribution in [-0.4, -0.2) is 43.0 Å². The molecule has 0 aliphatic carbocycles. The molecule has 0 spiro atoms. The summed E-state index contributed by atoms with van der Waals surface area (Å²) in [7, 11) is 1.78. The summed E-state index contributed by atoms with van der Waals surface area (Å²) >= 11 is 0. The first kappa shape index (κ1) is 21.6. The maximum absolute atomic E-state index is 13.0. The molecule has 2 heterocycles. The number of aromatic nitrogens is 4. The number of nitrogens with one attached hydrogen (secondary N) is 1. The lowest BCUT2D eigenvalue weighted by Gasteiger charge is -2.16. The first-order valence-corrected chi connectivity index (χ1v) is 11.1. The van der Waals surface area contributed by atoms with Crippen LogP contribution in [0.1, 0.15) is 37.0 Å². The second kappa shape index (κ2) is 8.49. The fourth-order valence-electron chi connectivity index (χ4n) is 4.21. The summed E-state index contributed by atoms with van der Waals surface area (Å²) in [6.07, 6.45) is 0. The Kier molecular flexibility index (Phi) is 5.74. The van der Waals surface area contributed by atoms with E-state index in [9.17, 15) is 9.59 Å². The number of imidazole rings is 2. The second-order valence-corrected chi connectivity index (χ2v) is 7.95. The van der Waals surface area contributed by atoms with Gasteiger partial charge in [-0.3, -0.25) is 13.9 Å². The van der Waals surface area contributed by atoms with Gasteiger partial charge in [0, 0.05) is 37.8 Å². The van der Waals surface area contributed by atoms with Crippen molar-refractivity contribution >= 4 is 16.9 Å². The molecule has 2 aromatic heterocycles. The Morgan fingerprint density at radius 3 is 2.44 bits per heavy atom. The maximum Gasteiger partial charge on any atom is 0.328 e. The van der Waals surface area contributed by atoms with Crippen molar-refractivity contribution in [3.63, 3.8) is 0 Å². The predicted molar refractivity (Wildman–Crippen MR) is 128 cm³/mol. The highest BCUT2D eigenvalue weighted by molar-refractivity contribution is 5.94. The van der Waals surface area contributed by atoms with Crippen LogP contribution in [0.3, 0.4) is 0 Å². The van der Waals surface area contributed by atoms with Crippen molar-refractivity contribution in [1.29, 1.82) is 0 Å². The normalized spacial score (nSPS) is 11.3. The van der Waals surface area contributed by atoms with Gasteiger partial charge in [-0.05, 0) is 45.9 Å². The number of carbonyl (C=O) groups excluding carboxylic acids is 1. The summed E-state index contributed by atoms with van der Waals surface area (Å²) in [4.78, 5) is 35.4. The molecular weight excluding hydrogens is 402 g/mol. The smallest absolute Gasteiger partial charge is 0.328 e. The molecule has 0 saturated carbocycles. The number of hydrogen-bond donors (Lipinski definition) is 1. The van der Waals surface area contributed by atoms with E-state index in [0.717, 1.165) is 39.1 Å². The average molecular weight is 432 g/mol. The Bertz CT molecular complexity index is 1350. The van der Waals surface area contributed by atoms with Gasteiger partial charge in [-0.25, -0.2) is 9.78 Å². The number of benzene rings is 2. The summed E-state index contributed by atoms with van der Waals surface area (Å²) in [6.45, 7) is 9.75. The van der Waals surface area contributed by atoms with E-state index in [4.69, 9.17) is 4.98 Å². The lowest BCUT2D eigenvalue weighted by molar-refractivity contribution is 0.0762. The van der Waals surface area contributed by atoms with Crippen molar-refractivity contribution in [3.05, 3.63) is 64.3 Å². The van der Waals surface area contributed by atoms with Gasteiger partial charge < -0.3 is 9.88 Å². The van der Waals surface area contributed by atoms with Crippen LogP contribution in [-0.2, 0) is 13.6 Å². The van der Waals surface area contributed by atoms with Gasteiger partial charge in [-0.2, -0.15) is 0 Å². The van der Waals surface area contributed by atoms with E-state index < -0.39 is 0 Å². The monoisotopic (exact) mass is 431 g/mol. The Morgan fingerprint density at radius 1 is 1.03 bits per heavy atom. The zero-order valence-electron chi connectivity index (χ0n) is 19.3. The zero-order chi connectivity index (χ0) is 23.0. The minimum Gasteiger partial charge on any atom is -0.337 e. The molecular formula is C25H29N5O2. The summed E-state index contributed by atoms with van der Waals surface area (Å²) in [5, 5.41) is 0. The molecule has 1 N–H and O–H groups in total. The van der Waals surface area contributed by atoms with Crippen molar-refractivity contribution in [1.82, 2.24) is 24.0 Å². The molecule has 1 amide bonds. The Hall–Kier alpha value is -3.61. The number of fused-ring (bicyclic) bond motifs is 1. The third-order valence-electron chi connectivity index (χ3n) is 6.00. The first-order chi connectivity index (χ1) is 15.4. The van der Waals surface area contributed by atoms with E-state index in [0.29, 0.717) is 25.5 Å². The number of hydrogen-bond acceptors (Lipinski definition) is 3. The van der Waals surface area contributed by atoms with Gasteiger partial charge in [0.15, 0.2) is 5.82 Å². The molecule has 0 unspecified atom stereocenters. The Balaban J connectivity index is 1.93. The predicted octanol–water partition coefficient (Wildman–Crippen LogP) is 4.21. The summed E-state index contributed by atoms with van der Waals surface area (Å²) < 4.78 is 3.41. The third kappa shape index (κ3) is 3.53. The van der Waals surface area contributed by atoms with E-state index in [1.54, 1.807) is 21.1 Å². The van der Waals surface area contributed by atoms with Crippen LogP contribution >= 0.6 is 0 Å². The van der Waals surface area contributed by atoms with Gasteiger partial charge in [0.25, 0.3) is 5.91 Å².